The number of rotatable bonds is 15. The van der Waals surface area contributed by atoms with E-state index in [1.165, 1.54) is 92.6 Å². The number of hydrogen-bond acceptors (Lipinski definition) is 9. The lowest BCUT2D eigenvalue weighted by Gasteiger charge is -2.12. The van der Waals surface area contributed by atoms with Gasteiger partial charge in [-0.05, 0) is 153 Å². The fraction of sp³-hybridized carbons (Fsp3) is 0. The van der Waals surface area contributed by atoms with E-state index in [4.69, 9.17) is 44.9 Å². The summed E-state index contributed by atoms with van der Waals surface area (Å²) in [5.74, 6) is 5.67. The second-order valence-electron chi connectivity index (χ2n) is 36.7. The van der Waals surface area contributed by atoms with Gasteiger partial charge in [-0.15, -0.1) is 0 Å². The molecule has 29 rings (SSSR count). The number of aromatic nitrogens is 14. The van der Waals surface area contributed by atoms with Crippen LogP contribution in [0.2, 0.25) is 0 Å². The van der Waals surface area contributed by atoms with E-state index in [-0.39, 0.29) is 0 Å². The van der Waals surface area contributed by atoms with Crippen LogP contribution >= 0.6 is 0 Å². The van der Waals surface area contributed by atoms with Crippen LogP contribution in [-0.4, -0.2) is 67.7 Å². The van der Waals surface area contributed by atoms with Crippen molar-refractivity contribution in [2.24, 2.45) is 0 Å². The van der Waals surface area contributed by atoms with Crippen molar-refractivity contribution in [3.8, 4) is 142 Å². The van der Waals surface area contributed by atoms with Gasteiger partial charge in [-0.2, -0.15) is 19.9 Å². The van der Waals surface area contributed by atoms with E-state index >= 15 is 0 Å². The Morgan fingerprint density at radius 2 is 0.367 bits per heavy atom. The van der Waals surface area contributed by atoms with Gasteiger partial charge in [0, 0.05) is 110 Å². The van der Waals surface area contributed by atoms with E-state index in [1.807, 2.05) is 188 Å². The summed E-state index contributed by atoms with van der Waals surface area (Å²) in [7, 11) is 0. The van der Waals surface area contributed by atoms with Crippen molar-refractivity contribution >= 4 is 120 Å². The lowest BCUT2D eigenvalue weighted by molar-refractivity contribution is 0.953. The molecule has 0 aliphatic heterocycles. The zero-order valence-electron chi connectivity index (χ0n) is 79.4. The van der Waals surface area contributed by atoms with Crippen LogP contribution < -0.4 is 0 Å². The van der Waals surface area contributed by atoms with Gasteiger partial charge < -0.3 is 13.7 Å². The largest absolute Gasteiger partial charge is 0.309 e. The summed E-state index contributed by atoms with van der Waals surface area (Å²) >= 11 is 0. The van der Waals surface area contributed by atoms with E-state index in [0.29, 0.717) is 52.7 Å². The molecule has 0 unspecified atom stereocenters. The van der Waals surface area contributed by atoms with Gasteiger partial charge in [-0.1, -0.05) is 413 Å². The third-order valence-corrected chi connectivity index (χ3v) is 28.0. The number of para-hydroxylation sites is 6. The lowest BCUT2D eigenvalue weighted by atomic mass is 10.0. The van der Waals surface area contributed by atoms with Crippen molar-refractivity contribution < 1.29 is 0 Å². The van der Waals surface area contributed by atoms with Crippen molar-refractivity contribution in [1.82, 2.24) is 67.7 Å². The topological polar surface area (TPSA) is 141 Å². The van der Waals surface area contributed by atoms with Crippen LogP contribution in [-0.2, 0) is 0 Å². The van der Waals surface area contributed by atoms with E-state index < -0.39 is 0 Å². The molecule has 0 saturated carbocycles. The summed E-state index contributed by atoms with van der Waals surface area (Å²) in [5.41, 5.74) is 28.2. The third-order valence-electron chi connectivity index (χ3n) is 28.0. The molecule has 8 heterocycles. The molecular weight excluding hydrogens is 1790 g/mol. The minimum atomic E-state index is 0.590. The van der Waals surface area contributed by atoms with Crippen LogP contribution in [0.15, 0.2) is 522 Å². The smallest absolute Gasteiger partial charge is 0.238 e. The molecule has 0 spiro atoms. The van der Waals surface area contributed by atoms with E-state index in [0.717, 1.165) is 117 Å². The molecule has 688 valence electrons. The highest BCUT2D eigenvalue weighted by atomic mass is 15.2. The second kappa shape index (κ2) is 36.8. The quantitative estimate of drug-likeness (QED) is 0.0981. The average Bonchev–Trinajstić information content (AvgIpc) is 1.55. The first-order valence-corrected chi connectivity index (χ1v) is 49.4. The molecule has 0 saturated heterocycles. The van der Waals surface area contributed by atoms with Crippen LogP contribution in [0.3, 0.4) is 0 Å². The number of hydrogen-bond donors (Lipinski definition) is 0. The first-order valence-electron chi connectivity index (χ1n) is 49.4. The van der Waals surface area contributed by atoms with Crippen LogP contribution in [0.4, 0.5) is 0 Å². The van der Waals surface area contributed by atoms with Crippen LogP contribution in [0.1, 0.15) is 0 Å². The monoisotopic (exact) mass is 1880 g/mol. The summed E-state index contributed by atoms with van der Waals surface area (Å²) in [5, 5.41) is 14.5. The number of nitrogens with zero attached hydrogens (tertiary/aromatic N) is 14. The molecule has 0 fully saturated rings. The molecule has 0 atom stereocenters. The van der Waals surface area contributed by atoms with Gasteiger partial charge in [0.15, 0.2) is 40.8 Å². The molecule has 0 bridgehead atoms. The summed E-state index contributed by atoms with van der Waals surface area (Å²) in [6, 6.07) is 182. The molecule has 0 aliphatic carbocycles. The summed E-state index contributed by atoms with van der Waals surface area (Å²) in [4.78, 5) is 45.1. The highest BCUT2D eigenvalue weighted by Crippen LogP contribution is 2.44. The zero-order valence-corrected chi connectivity index (χ0v) is 79.4. The Morgan fingerprint density at radius 1 is 0.116 bits per heavy atom. The van der Waals surface area contributed by atoms with Gasteiger partial charge >= 0.3 is 0 Å². The van der Waals surface area contributed by atoms with Crippen LogP contribution in [0.25, 0.3) is 262 Å². The highest BCUT2D eigenvalue weighted by Gasteiger charge is 2.26. The predicted octanol–water partition coefficient (Wildman–Crippen LogP) is 32.9. The lowest BCUT2D eigenvalue weighted by Crippen LogP contribution is -2.06. The zero-order chi connectivity index (χ0) is 97.2. The molecule has 147 heavy (non-hydrogen) atoms. The Bertz CT molecular complexity index is 9810. The first kappa shape index (κ1) is 86.0. The Balaban J connectivity index is 0.000000110. The molecule has 14 heteroatoms. The van der Waals surface area contributed by atoms with Crippen molar-refractivity contribution in [2.75, 3.05) is 0 Å². The maximum Gasteiger partial charge on any atom is 0.238 e. The molecule has 0 radical (unpaired) electrons. The Labute approximate surface area is 845 Å². The van der Waals surface area contributed by atoms with Gasteiger partial charge in [0.1, 0.15) is 0 Å². The Morgan fingerprint density at radius 3 is 0.748 bits per heavy atom. The van der Waals surface area contributed by atoms with Crippen LogP contribution in [0.5, 0.6) is 0 Å². The van der Waals surface area contributed by atoms with Gasteiger partial charge in [0.25, 0.3) is 0 Å². The third kappa shape index (κ3) is 15.7. The molecular formula is C133H86N14. The van der Waals surface area contributed by atoms with Crippen molar-refractivity contribution in [3.63, 3.8) is 0 Å². The standard InChI is InChI=1S/C51H33N5.C45H29N5.C37H24N4/c1-3-14-35(15-4-1)49-52-50(36-16-5-2-6-17-36)54-51(53-49)38-18-13-19-40(32-38)56-47-25-12-9-22-43(47)44-33-37(28-31-48(44)56)34-26-29-39(30-27-34)55-45-23-10-7-20-41(45)42-21-8-11-24-46(42)55;1-3-13-31(14-4-1)43-46-44(32-15-5-2-6-16-32)48-45(47-43)50-41-22-12-9-19-37(41)38-29-33(25-28-42(38)50)30-23-26-34(27-24-30)49-39-20-10-7-17-35(39)36-18-8-11-21-40(36)49;1-4-12-25(13-5-1)29-20-22-31-33(24-29)41(32-23-21-26-14-10-11-19-30(26)34(31)32)37-39-35(27-15-6-2-7-16-27)38-36(40-37)28-17-8-3-9-18-28/h1-33H;1-29H;1-24H. The highest BCUT2D eigenvalue weighted by molar-refractivity contribution is 6.22. The Kier molecular flexibility index (Phi) is 21.6. The maximum absolute atomic E-state index is 5.10. The second-order valence-corrected chi connectivity index (χ2v) is 36.7. The SMILES string of the molecule is c1ccc(-c2ccc3c4c5ccccc5ccc4n(-c4nc(-c5ccccc5)nc(-c5ccccc5)n4)c3c2)cc1.c1ccc(-c2nc(-c3ccccc3)nc(-c3cccc(-n4c5ccccc5c5cc(-c6ccc(-n7c8ccccc8c8ccccc87)cc6)ccc54)c3)n2)cc1.c1ccc(-c2nc(-c3ccccc3)nc(-n3c4ccccc4c4cc(-c5ccc(-n6c7ccccc7c7ccccc76)cc5)ccc43)n2)cc1. The maximum atomic E-state index is 5.10. The van der Waals surface area contributed by atoms with Crippen molar-refractivity contribution in [1.29, 1.82) is 0 Å². The molecule has 21 aromatic carbocycles. The molecule has 14 nitrogen and oxygen atoms in total. The van der Waals surface area contributed by atoms with Crippen molar-refractivity contribution in [3.05, 3.63) is 522 Å². The fourth-order valence-corrected chi connectivity index (χ4v) is 21.1. The van der Waals surface area contributed by atoms with E-state index in [1.54, 1.807) is 0 Å². The fourth-order valence-electron chi connectivity index (χ4n) is 21.1. The minimum absolute atomic E-state index is 0.590. The normalized spacial score (nSPS) is 11.5. The molecule has 8 aromatic heterocycles. The minimum Gasteiger partial charge on any atom is -0.309 e. The van der Waals surface area contributed by atoms with E-state index in [9.17, 15) is 0 Å². The van der Waals surface area contributed by atoms with Gasteiger partial charge in [0.2, 0.25) is 11.9 Å². The first-order chi connectivity index (χ1) is 72.9. The predicted molar refractivity (Wildman–Crippen MR) is 603 cm³/mol. The van der Waals surface area contributed by atoms with Gasteiger partial charge in [-0.3, -0.25) is 9.13 Å². The Hall–Kier alpha value is -20.1. The summed E-state index contributed by atoms with van der Waals surface area (Å²) < 4.78 is 11.4. The molecule has 0 aliphatic rings. The molecule has 0 N–H and O–H groups in total. The number of benzene rings is 21. The summed E-state index contributed by atoms with van der Waals surface area (Å²) in [6.45, 7) is 0. The molecule has 0 amide bonds. The van der Waals surface area contributed by atoms with Crippen molar-refractivity contribution in [2.45, 2.75) is 0 Å². The summed E-state index contributed by atoms with van der Waals surface area (Å²) in [6.07, 6.45) is 0. The molecule has 29 aromatic rings. The van der Waals surface area contributed by atoms with Gasteiger partial charge in [-0.25, -0.2) is 24.9 Å². The van der Waals surface area contributed by atoms with E-state index in [2.05, 4.69) is 356 Å². The average molecular weight is 1880 g/mol. The number of fused-ring (bicyclic) bond motifs is 17. The van der Waals surface area contributed by atoms with Gasteiger partial charge in [0.05, 0.1) is 55.2 Å². The van der Waals surface area contributed by atoms with Crippen LogP contribution in [0, 0.1) is 0 Å².